The predicted octanol–water partition coefficient (Wildman–Crippen LogP) is 3.21. The van der Waals surface area contributed by atoms with Crippen molar-refractivity contribution in [3.63, 3.8) is 0 Å². The van der Waals surface area contributed by atoms with Gasteiger partial charge in [0.15, 0.2) is 0 Å². The van der Waals surface area contributed by atoms with Crippen LogP contribution in [0, 0.1) is 6.92 Å². The average molecular weight is 383 g/mol. The Hall–Kier alpha value is -2.09. The summed E-state index contributed by atoms with van der Waals surface area (Å²) in [5, 5.41) is 3.01. The van der Waals surface area contributed by atoms with Crippen molar-refractivity contribution in [2.24, 2.45) is 0 Å². The van der Waals surface area contributed by atoms with Crippen molar-refractivity contribution in [3.05, 3.63) is 52.5 Å². The summed E-state index contributed by atoms with van der Waals surface area (Å²) in [6.07, 6.45) is 0. The molecule has 0 aliphatic heterocycles. The van der Waals surface area contributed by atoms with Crippen LogP contribution in [0.15, 0.2) is 41.3 Å². The smallest absolute Gasteiger partial charge is 0.256 e. The Bertz CT molecular complexity index is 898. The second kappa shape index (κ2) is 7.86. The largest absolute Gasteiger partial charge is 0.497 e. The molecule has 0 aliphatic rings. The molecule has 2 aromatic rings. The number of amides is 1. The number of methoxy groups -OCH3 is 1. The summed E-state index contributed by atoms with van der Waals surface area (Å²) in [5.74, 6) is 0.121. The standard InChI is InChI=1S/C17H19ClN2O4S/c1-4-19-25(22,23)13-7-5-11(2)14(10-13)17(21)20-16-8-6-12(24-3)9-15(16)18/h5-10,19H,4H2,1-3H3,(H,20,21). The lowest BCUT2D eigenvalue weighted by Crippen LogP contribution is -2.24. The third kappa shape index (κ3) is 4.50. The molecular formula is C17H19ClN2O4S. The highest BCUT2D eigenvalue weighted by Gasteiger charge is 2.18. The molecule has 25 heavy (non-hydrogen) atoms. The lowest BCUT2D eigenvalue weighted by atomic mass is 10.1. The average Bonchev–Trinajstić information content (AvgIpc) is 2.56. The van der Waals surface area contributed by atoms with Crippen molar-refractivity contribution < 1.29 is 17.9 Å². The molecule has 0 bridgehead atoms. The summed E-state index contributed by atoms with van der Waals surface area (Å²) in [7, 11) is -2.13. The van der Waals surface area contributed by atoms with E-state index in [0.29, 0.717) is 22.0 Å². The highest BCUT2D eigenvalue weighted by Crippen LogP contribution is 2.27. The fraction of sp³-hybridized carbons (Fsp3) is 0.235. The molecule has 0 aromatic heterocycles. The number of sulfonamides is 1. The van der Waals surface area contributed by atoms with Gasteiger partial charge in [0, 0.05) is 18.2 Å². The van der Waals surface area contributed by atoms with E-state index in [2.05, 4.69) is 10.0 Å². The fourth-order valence-electron chi connectivity index (χ4n) is 2.20. The summed E-state index contributed by atoms with van der Waals surface area (Å²) >= 11 is 6.12. The van der Waals surface area contributed by atoms with Gasteiger partial charge >= 0.3 is 0 Å². The van der Waals surface area contributed by atoms with Gasteiger partial charge in [-0.2, -0.15) is 0 Å². The van der Waals surface area contributed by atoms with Crippen molar-refractivity contribution >= 4 is 33.2 Å². The first-order chi connectivity index (χ1) is 11.8. The van der Waals surface area contributed by atoms with Crippen molar-refractivity contribution in [2.75, 3.05) is 19.0 Å². The molecule has 0 spiro atoms. The molecule has 1 amide bonds. The minimum atomic E-state index is -3.65. The number of carbonyl (C=O) groups excluding carboxylic acids is 1. The van der Waals surface area contributed by atoms with Gasteiger partial charge in [-0.1, -0.05) is 24.6 Å². The van der Waals surface area contributed by atoms with Crippen LogP contribution in [0.4, 0.5) is 5.69 Å². The van der Waals surface area contributed by atoms with Crippen LogP contribution >= 0.6 is 11.6 Å². The second-order valence-electron chi connectivity index (χ2n) is 5.28. The van der Waals surface area contributed by atoms with Crippen LogP contribution < -0.4 is 14.8 Å². The first-order valence-corrected chi connectivity index (χ1v) is 9.39. The number of ether oxygens (including phenoxy) is 1. The van der Waals surface area contributed by atoms with Crippen LogP contribution in [-0.2, 0) is 10.0 Å². The van der Waals surface area contributed by atoms with Crippen LogP contribution in [0.25, 0.3) is 0 Å². The fourth-order valence-corrected chi connectivity index (χ4v) is 3.48. The van der Waals surface area contributed by atoms with Crippen LogP contribution in [0.2, 0.25) is 5.02 Å². The molecule has 2 N–H and O–H groups in total. The third-order valence-corrected chi connectivity index (χ3v) is 5.38. The highest BCUT2D eigenvalue weighted by molar-refractivity contribution is 7.89. The number of hydrogen-bond acceptors (Lipinski definition) is 4. The third-order valence-electron chi connectivity index (χ3n) is 3.52. The van der Waals surface area contributed by atoms with Crippen molar-refractivity contribution in [1.29, 1.82) is 0 Å². The number of rotatable bonds is 6. The lowest BCUT2D eigenvalue weighted by Gasteiger charge is -2.12. The number of aryl methyl sites for hydroxylation is 1. The summed E-state index contributed by atoms with van der Waals surface area (Å²) in [6.45, 7) is 3.68. The van der Waals surface area contributed by atoms with E-state index in [9.17, 15) is 13.2 Å². The Morgan fingerprint density at radius 1 is 1.20 bits per heavy atom. The normalized spacial score (nSPS) is 11.2. The van der Waals surface area contributed by atoms with E-state index in [1.165, 1.54) is 19.2 Å². The topological polar surface area (TPSA) is 84.5 Å². The van der Waals surface area contributed by atoms with Gasteiger partial charge in [-0.25, -0.2) is 13.1 Å². The quantitative estimate of drug-likeness (QED) is 0.803. The van der Waals surface area contributed by atoms with Crippen molar-refractivity contribution in [1.82, 2.24) is 4.72 Å². The van der Waals surface area contributed by atoms with Gasteiger partial charge in [-0.15, -0.1) is 0 Å². The first-order valence-electron chi connectivity index (χ1n) is 7.53. The maximum absolute atomic E-state index is 12.6. The summed E-state index contributed by atoms with van der Waals surface area (Å²) in [6, 6.07) is 9.27. The molecule has 2 aromatic carbocycles. The second-order valence-corrected chi connectivity index (χ2v) is 7.45. The van der Waals surface area contributed by atoms with Gasteiger partial charge in [0.25, 0.3) is 5.91 Å². The van der Waals surface area contributed by atoms with Crippen LogP contribution in [0.3, 0.4) is 0 Å². The van der Waals surface area contributed by atoms with E-state index in [4.69, 9.17) is 16.3 Å². The van der Waals surface area contributed by atoms with E-state index in [0.717, 1.165) is 0 Å². The number of hydrogen-bond donors (Lipinski definition) is 2. The van der Waals surface area contributed by atoms with E-state index >= 15 is 0 Å². The Labute approximate surface area is 152 Å². The molecular weight excluding hydrogens is 364 g/mol. The summed E-state index contributed by atoms with van der Waals surface area (Å²) < 4.78 is 31.7. The van der Waals surface area contributed by atoms with E-state index in [1.807, 2.05) is 0 Å². The molecule has 0 unspecified atom stereocenters. The van der Waals surface area contributed by atoms with Gasteiger partial charge < -0.3 is 10.1 Å². The van der Waals surface area contributed by atoms with Crippen LogP contribution in [0.1, 0.15) is 22.8 Å². The van der Waals surface area contributed by atoms with Crippen LogP contribution in [0.5, 0.6) is 5.75 Å². The monoisotopic (exact) mass is 382 g/mol. The van der Waals surface area contributed by atoms with Crippen molar-refractivity contribution in [3.8, 4) is 5.75 Å². The molecule has 0 radical (unpaired) electrons. The van der Waals surface area contributed by atoms with Crippen LogP contribution in [-0.4, -0.2) is 28.0 Å². The SMILES string of the molecule is CCNS(=O)(=O)c1ccc(C)c(C(=O)Nc2ccc(OC)cc2Cl)c1. The number of carbonyl (C=O) groups is 1. The maximum atomic E-state index is 12.6. The number of benzene rings is 2. The van der Waals surface area contributed by atoms with E-state index in [1.54, 1.807) is 38.1 Å². The molecule has 134 valence electrons. The predicted molar refractivity (Wildman–Crippen MR) is 98.0 cm³/mol. The Kier molecular flexibility index (Phi) is 6.05. The minimum Gasteiger partial charge on any atom is -0.497 e. The van der Waals surface area contributed by atoms with Crippen molar-refractivity contribution in [2.45, 2.75) is 18.7 Å². The zero-order chi connectivity index (χ0) is 18.6. The number of halogens is 1. The molecule has 0 saturated carbocycles. The van der Waals surface area contributed by atoms with E-state index < -0.39 is 15.9 Å². The van der Waals surface area contributed by atoms with E-state index in [-0.39, 0.29) is 17.0 Å². The molecule has 8 heteroatoms. The number of anilines is 1. The van der Waals surface area contributed by atoms with Gasteiger partial charge in [0.2, 0.25) is 10.0 Å². The molecule has 2 rings (SSSR count). The highest BCUT2D eigenvalue weighted by atomic mass is 35.5. The van der Waals surface area contributed by atoms with Gasteiger partial charge in [0.05, 0.1) is 22.7 Å². The zero-order valence-corrected chi connectivity index (χ0v) is 15.7. The molecule has 0 aliphatic carbocycles. The zero-order valence-electron chi connectivity index (χ0n) is 14.1. The Balaban J connectivity index is 2.33. The molecule has 0 heterocycles. The molecule has 6 nitrogen and oxygen atoms in total. The number of nitrogens with one attached hydrogen (secondary N) is 2. The lowest BCUT2D eigenvalue weighted by molar-refractivity contribution is 0.102. The Morgan fingerprint density at radius 3 is 2.52 bits per heavy atom. The maximum Gasteiger partial charge on any atom is 0.256 e. The Morgan fingerprint density at radius 2 is 1.92 bits per heavy atom. The van der Waals surface area contributed by atoms with Gasteiger partial charge in [0.1, 0.15) is 5.75 Å². The summed E-state index contributed by atoms with van der Waals surface area (Å²) in [5.41, 5.74) is 1.32. The molecule has 0 atom stereocenters. The summed E-state index contributed by atoms with van der Waals surface area (Å²) in [4.78, 5) is 12.6. The van der Waals surface area contributed by atoms with Gasteiger partial charge in [-0.05, 0) is 36.8 Å². The minimum absolute atomic E-state index is 0.0333. The van der Waals surface area contributed by atoms with Gasteiger partial charge in [-0.3, -0.25) is 4.79 Å². The first kappa shape index (κ1) is 19.2. The molecule has 0 fully saturated rings. The molecule has 0 saturated heterocycles.